The van der Waals surface area contributed by atoms with Crippen molar-refractivity contribution in [3.8, 4) is 0 Å². The smallest absolute Gasteiger partial charge is 0.153 e. The van der Waals surface area contributed by atoms with Crippen LogP contribution in [0, 0.1) is 0 Å². The van der Waals surface area contributed by atoms with E-state index in [0.29, 0.717) is 4.60 Å². The van der Waals surface area contributed by atoms with Gasteiger partial charge in [0.15, 0.2) is 4.60 Å². The van der Waals surface area contributed by atoms with Gasteiger partial charge in [0.25, 0.3) is 0 Å². The van der Waals surface area contributed by atoms with E-state index in [-0.39, 0.29) is 6.04 Å². The van der Waals surface area contributed by atoms with Gasteiger partial charge >= 0.3 is 0 Å². The molecule has 18 heavy (non-hydrogen) atoms. The third-order valence-corrected chi connectivity index (χ3v) is 3.74. The number of hydrogen-bond acceptors (Lipinski definition) is 4. The Morgan fingerprint density at radius 1 is 1.44 bits per heavy atom. The number of benzene rings is 1. The van der Waals surface area contributed by atoms with Gasteiger partial charge in [-0.3, -0.25) is 11.3 Å². The molecule has 0 aliphatic heterocycles. The van der Waals surface area contributed by atoms with Crippen LogP contribution in [0.3, 0.4) is 0 Å². The summed E-state index contributed by atoms with van der Waals surface area (Å²) in [6.45, 7) is 0. The van der Waals surface area contributed by atoms with Crippen molar-refractivity contribution >= 4 is 31.9 Å². The van der Waals surface area contributed by atoms with Crippen LogP contribution in [0.4, 0.5) is 0 Å². The van der Waals surface area contributed by atoms with Crippen LogP contribution in [0.5, 0.6) is 0 Å². The Hall–Kier alpha value is -0.760. The Labute approximate surface area is 122 Å². The van der Waals surface area contributed by atoms with E-state index in [1.54, 1.807) is 4.68 Å². The largest absolute Gasteiger partial charge is 0.271 e. The molecule has 0 saturated carbocycles. The molecule has 1 unspecified atom stereocenters. The second kappa shape index (κ2) is 5.92. The normalized spacial score (nSPS) is 12.7. The molecule has 0 bridgehead atoms. The molecule has 3 N–H and O–H groups in total. The quantitative estimate of drug-likeness (QED) is 0.635. The van der Waals surface area contributed by atoms with Gasteiger partial charge in [-0.05, 0) is 40.0 Å². The molecule has 1 aromatic heterocycles. The highest BCUT2D eigenvalue weighted by Crippen LogP contribution is 2.24. The third-order valence-electron chi connectivity index (χ3n) is 2.69. The Morgan fingerprint density at radius 2 is 2.22 bits per heavy atom. The minimum atomic E-state index is -0.0475. The molecule has 7 heteroatoms. The van der Waals surface area contributed by atoms with Crippen LogP contribution in [-0.2, 0) is 13.5 Å². The Morgan fingerprint density at radius 3 is 2.78 bits per heavy atom. The second-order valence-corrected chi connectivity index (χ2v) is 5.61. The summed E-state index contributed by atoms with van der Waals surface area (Å²) in [5, 5.41) is 7.93. The van der Waals surface area contributed by atoms with E-state index in [1.807, 2.05) is 19.2 Å². The van der Waals surface area contributed by atoms with E-state index in [4.69, 9.17) is 5.84 Å². The summed E-state index contributed by atoms with van der Waals surface area (Å²) >= 11 is 6.85. The highest BCUT2D eigenvalue weighted by Gasteiger charge is 2.19. The van der Waals surface area contributed by atoms with Crippen LogP contribution in [0.25, 0.3) is 0 Å². The van der Waals surface area contributed by atoms with Gasteiger partial charge in [-0.2, -0.15) is 0 Å². The molecule has 2 aromatic rings. The molecule has 0 amide bonds. The van der Waals surface area contributed by atoms with Crippen molar-refractivity contribution in [2.75, 3.05) is 0 Å². The lowest BCUT2D eigenvalue weighted by Gasteiger charge is -2.16. The highest BCUT2D eigenvalue weighted by molar-refractivity contribution is 9.10. The lowest BCUT2D eigenvalue weighted by atomic mass is 10.0. The van der Waals surface area contributed by atoms with Gasteiger partial charge in [-0.15, -0.1) is 5.10 Å². The first-order chi connectivity index (χ1) is 8.61. The summed E-state index contributed by atoms with van der Waals surface area (Å²) in [6.07, 6.45) is 0.760. The maximum absolute atomic E-state index is 5.64. The van der Waals surface area contributed by atoms with E-state index in [9.17, 15) is 0 Å². The predicted octanol–water partition coefficient (Wildman–Crippen LogP) is 2.09. The number of hydrogen-bond donors (Lipinski definition) is 2. The summed E-state index contributed by atoms with van der Waals surface area (Å²) in [5.74, 6) is 5.64. The summed E-state index contributed by atoms with van der Waals surface area (Å²) in [5.41, 5.74) is 4.92. The van der Waals surface area contributed by atoms with Gasteiger partial charge in [0.2, 0.25) is 0 Å². The number of nitrogens with zero attached hydrogens (tertiary/aromatic N) is 3. The van der Waals surface area contributed by atoms with Crippen LogP contribution in [-0.4, -0.2) is 15.0 Å². The van der Waals surface area contributed by atoms with Crippen molar-refractivity contribution in [3.63, 3.8) is 0 Å². The van der Waals surface area contributed by atoms with Crippen molar-refractivity contribution in [3.05, 3.63) is 44.6 Å². The van der Waals surface area contributed by atoms with Crippen molar-refractivity contribution < 1.29 is 0 Å². The summed E-state index contributed by atoms with van der Waals surface area (Å²) in [7, 11) is 1.85. The number of nitrogens with two attached hydrogens (primary N) is 1. The third kappa shape index (κ3) is 2.97. The zero-order chi connectivity index (χ0) is 13.1. The number of aryl methyl sites for hydroxylation is 1. The molecule has 1 heterocycles. The average molecular weight is 375 g/mol. The monoisotopic (exact) mass is 373 g/mol. The summed E-state index contributed by atoms with van der Waals surface area (Å²) in [4.78, 5) is 0. The Balaban J connectivity index is 2.25. The number of aromatic nitrogens is 3. The predicted molar refractivity (Wildman–Crippen MR) is 76.6 cm³/mol. The maximum Gasteiger partial charge on any atom is 0.153 e. The molecule has 0 saturated heterocycles. The second-order valence-electron chi connectivity index (χ2n) is 3.94. The van der Waals surface area contributed by atoms with Gasteiger partial charge in [-0.25, -0.2) is 4.68 Å². The van der Waals surface area contributed by atoms with Gasteiger partial charge in [0.05, 0.1) is 11.7 Å². The van der Waals surface area contributed by atoms with E-state index < -0.39 is 0 Å². The number of hydrazine groups is 1. The molecule has 0 spiro atoms. The lowest BCUT2D eigenvalue weighted by molar-refractivity contribution is 0.505. The van der Waals surface area contributed by atoms with Gasteiger partial charge in [0, 0.05) is 11.5 Å². The number of halogens is 2. The zero-order valence-electron chi connectivity index (χ0n) is 9.77. The van der Waals surface area contributed by atoms with E-state index in [2.05, 4.69) is 59.7 Å². The van der Waals surface area contributed by atoms with Crippen molar-refractivity contribution in [2.45, 2.75) is 12.5 Å². The minimum Gasteiger partial charge on any atom is -0.271 e. The van der Waals surface area contributed by atoms with E-state index >= 15 is 0 Å². The maximum atomic E-state index is 5.64. The minimum absolute atomic E-state index is 0.0475. The molecule has 0 aliphatic rings. The average Bonchev–Trinajstić information content (AvgIpc) is 2.67. The van der Waals surface area contributed by atoms with Crippen LogP contribution >= 0.6 is 31.9 Å². The van der Waals surface area contributed by atoms with E-state index in [1.165, 1.54) is 5.56 Å². The Bertz CT molecular complexity index is 520. The summed E-state index contributed by atoms with van der Waals surface area (Å²) < 4.78 is 3.48. The first kappa shape index (κ1) is 13.7. The molecule has 1 aromatic carbocycles. The number of rotatable bonds is 4. The molecular weight excluding hydrogens is 362 g/mol. The highest BCUT2D eigenvalue weighted by atomic mass is 79.9. The lowest BCUT2D eigenvalue weighted by Crippen LogP contribution is -2.31. The molecule has 5 nitrogen and oxygen atoms in total. The topological polar surface area (TPSA) is 68.8 Å². The molecule has 96 valence electrons. The summed E-state index contributed by atoms with van der Waals surface area (Å²) in [6, 6.07) is 8.09. The SMILES string of the molecule is Cn1nnc(Br)c1C(Cc1cccc(Br)c1)NN. The number of nitrogens with one attached hydrogen (secondary N) is 1. The van der Waals surface area contributed by atoms with E-state index in [0.717, 1.165) is 16.6 Å². The van der Waals surface area contributed by atoms with Gasteiger partial charge in [0.1, 0.15) is 0 Å². The fourth-order valence-electron chi connectivity index (χ4n) is 1.84. The first-order valence-electron chi connectivity index (χ1n) is 5.37. The molecule has 0 fully saturated rings. The first-order valence-corrected chi connectivity index (χ1v) is 6.96. The van der Waals surface area contributed by atoms with Gasteiger partial charge in [-0.1, -0.05) is 33.3 Å². The molecule has 2 rings (SSSR count). The molecule has 0 aliphatic carbocycles. The van der Waals surface area contributed by atoms with Crippen molar-refractivity contribution in [1.29, 1.82) is 0 Å². The zero-order valence-corrected chi connectivity index (χ0v) is 12.9. The van der Waals surface area contributed by atoms with Gasteiger partial charge < -0.3 is 0 Å². The van der Waals surface area contributed by atoms with Crippen LogP contribution in [0.15, 0.2) is 33.3 Å². The van der Waals surface area contributed by atoms with Crippen molar-refractivity contribution in [2.24, 2.45) is 12.9 Å². The fourth-order valence-corrected chi connectivity index (χ4v) is 2.89. The molecule has 0 radical (unpaired) electrons. The van der Waals surface area contributed by atoms with Crippen LogP contribution in [0.1, 0.15) is 17.3 Å². The fraction of sp³-hybridized carbons (Fsp3) is 0.273. The van der Waals surface area contributed by atoms with Crippen molar-refractivity contribution in [1.82, 2.24) is 20.4 Å². The molecule has 1 atom stereocenters. The standard InChI is InChI=1S/C11H13Br2N5/c1-18-10(11(13)16-17-18)9(15-14)6-7-3-2-4-8(12)5-7/h2-5,9,15H,6,14H2,1H3. The molecular formula is C11H13Br2N5. The van der Waals surface area contributed by atoms with Crippen LogP contribution in [0.2, 0.25) is 0 Å². The van der Waals surface area contributed by atoms with Crippen LogP contribution < -0.4 is 11.3 Å². The Kier molecular flexibility index (Phi) is 4.50.